The van der Waals surface area contributed by atoms with E-state index >= 15 is 0 Å². The van der Waals surface area contributed by atoms with Crippen LogP contribution in [0.15, 0.2) is 54.6 Å². The molecule has 9 nitrogen and oxygen atoms in total. The van der Waals surface area contributed by atoms with E-state index in [1.54, 1.807) is 18.2 Å². The van der Waals surface area contributed by atoms with Crippen molar-refractivity contribution in [3.8, 4) is 28.7 Å². The Morgan fingerprint density at radius 1 is 0.750 bits per heavy atom. The molecule has 0 radical (unpaired) electrons. The van der Waals surface area contributed by atoms with Crippen LogP contribution < -0.4 is 34.3 Å². The Kier molecular flexibility index (Phi) is 6.79. The molecule has 5 rings (SSSR count). The van der Waals surface area contributed by atoms with Gasteiger partial charge in [0.2, 0.25) is 13.6 Å². The SMILES string of the molecule is CCCOc1ccc(C(=O)NCc2ccc3c(c2)OCO3)cc1C(=O)NCc1ccc2c(c1)OCO2. The number of hydrogen-bond donors (Lipinski definition) is 2. The van der Waals surface area contributed by atoms with Crippen LogP contribution in [0.4, 0.5) is 0 Å². The standard InChI is InChI=1S/C27H26N2O7/c1-2-9-32-21-8-5-19(26(30)28-13-17-3-6-22-24(10-17)35-15-33-22)12-20(21)27(31)29-14-18-4-7-23-25(11-18)36-16-34-23/h3-8,10-12H,2,9,13-16H2,1H3,(H,28,30)(H,29,31). The quantitative estimate of drug-likeness (QED) is 0.470. The van der Waals surface area contributed by atoms with Crippen molar-refractivity contribution in [1.29, 1.82) is 0 Å². The van der Waals surface area contributed by atoms with Crippen molar-refractivity contribution in [2.75, 3.05) is 20.2 Å². The van der Waals surface area contributed by atoms with Crippen LogP contribution in [0.3, 0.4) is 0 Å². The van der Waals surface area contributed by atoms with Crippen molar-refractivity contribution in [2.45, 2.75) is 26.4 Å². The highest BCUT2D eigenvalue weighted by Gasteiger charge is 2.19. The Labute approximate surface area is 208 Å². The van der Waals surface area contributed by atoms with Gasteiger partial charge in [0.05, 0.1) is 12.2 Å². The molecule has 0 bridgehead atoms. The topological polar surface area (TPSA) is 104 Å². The van der Waals surface area contributed by atoms with Crippen LogP contribution in [0.1, 0.15) is 45.2 Å². The summed E-state index contributed by atoms with van der Waals surface area (Å²) in [7, 11) is 0. The maximum Gasteiger partial charge on any atom is 0.255 e. The van der Waals surface area contributed by atoms with Gasteiger partial charge in [-0.3, -0.25) is 9.59 Å². The lowest BCUT2D eigenvalue weighted by Gasteiger charge is -2.14. The Morgan fingerprint density at radius 2 is 1.33 bits per heavy atom. The molecule has 0 aliphatic carbocycles. The number of amides is 2. The van der Waals surface area contributed by atoms with Gasteiger partial charge in [0.1, 0.15) is 5.75 Å². The number of carbonyl (C=O) groups is 2. The summed E-state index contributed by atoms with van der Waals surface area (Å²) in [4.78, 5) is 26.0. The summed E-state index contributed by atoms with van der Waals surface area (Å²) in [5.74, 6) is 2.44. The fourth-order valence-electron chi connectivity index (χ4n) is 3.85. The van der Waals surface area contributed by atoms with Gasteiger partial charge in [-0.2, -0.15) is 0 Å². The molecule has 9 heteroatoms. The van der Waals surface area contributed by atoms with Crippen LogP contribution >= 0.6 is 0 Å². The van der Waals surface area contributed by atoms with Crippen molar-refractivity contribution >= 4 is 11.8 Å². The minimum absolute atomic E-state index is 0.187. The number of ether oxygens (including phenoxy) is 5. The summed E-state index contributed by atoms with van der Waals surface area (Å²) in [6, 6.07) is 15.9. The Bertz CT molecular complexity index is 1290. The molecule has 0 atom stereocenters. The van der Waals surface area contributed by atoms with Gasteiger partial charge in [-0.1, -0.05) is 19.1 Å². The van der Waals surface area contributed by atoms with Gasteiger partial charge in [0, 0.05) is 18.7 Å². The van der Waals surface area contributed by atoms with Gasteiger partial charge in [-0.25, -0.2) is 0 Å². The van der Waals surface area contributed by atoms with E-state index in [-0.39, 0.29) is 31.9 Å². The molecule has 0 fully saturated rings. The van der Waals surface area contributed by atoms with E-state index in [1.807, 2.05) is 43.3 Å². The molecule has 2 aliphatic rings. The number of fused-ring (bicyclic) bond motifs is 2. The number of hydrogen-bond acceptors (Lipinski definition) is 7. The van der Waals surface area contributed by atoms with Gasteiger partial charge in [0.15, 0.2) is 23.0 Å². The minimum atomic E-state index is -0.343. The van der Waals surface area contributed by atoms with Crippen molar-refractivity contribution in [2.24, 2.45) is 0 Å². The molecule has 0 saturated carbocycles. The molecule has 2 heterocycles. The maximum atomic E-state index is 13.1. The molecule has 2 N–H and O–H groups in total. The van der Waals surface area contributed by atoms with E-state index < -0.39 is 0 Å². The second-order valence-electron chi connectivity index (χ2n) is 8.30. The second-order valence-corrected chi connectivity index (χ2v) is 8.30. The van der Waals surface area contributed by atoms with Crippen LogP contribution in [0, 0.1) is 0 Å². The first-order valence-corrected chi connectivity index (χ1v) is 11.7. The summed E-state index contributed by atoms with van der Waals surface area (Å²) in [5.41, 5.74) is 2.38. The molecule has 0 spiro atoms. The van der Waals surface area contributed by atoms with Crippen molar-refractivity contribution in [1.82, 2.24) is 10.6 Å². The Hall–Kier alpha value is -4.40. The molecule has 186 valence electrons. The van der Waals surface area contributed by atoms with E-state index in [4.69, 9.17) is 23.7 Å². The molecular weight excluding hydrogens is 464 g/mol. The maximum absolute atomic E-state index is 13.1. The van der Waals surface area contributed by atoms with E-state index in [1.165, 1.54) is 0 Å². The molecule has 36 heavy (non-hydrogen) atoms. The average Bonchev–Trinajstić information content (AvgIpc) is 3.57. The minimum Gasteiger partial charge on any atom is -0.493 e. The first kappa shape index (κ1) is 23.3. The highest BCUT2D eigenvalue weighted by Crippen LogP contribution is 2.33. The van der Waals surface area contributed by atoms with Gasteiger partial charge in [-0.05, 0) is 60.0 Å². The third-order valence-corrected chi connectivity index (χ3v) is 5.73. The largest absolute Gasteiger partial charge is 0.493 e. The van der Waals surface area contributed by atoms with Gasteiger partial charge < -0.3 is 34.3 Å². The summed E-state index contributed by atoms with van der Waals surface area (Å²) in [6.07, 6.45) is 0.788. The smallest absolute Gasteiger partial charge is 0.255 e. The number of rotatable bonds is 9. The first-order valence-electron chi connectivity index (χ1n) is 11.7. The number of nitrogens with one attached hydrogen (secondary N) is 2. The third kappa shape index (κ3) is 5.14. The second kappa shape index (κ2) is 10.5. The van der Waals surface area contributed by atoms with Gasteiger partial charge >= 0.3 is 0 Å². The Morgan fingerprint density at radius 3 is 1.94 bits per heavy atom. The van der Waals surface area contributed by atoms with Crippen LogP contribution in [0.2, 0.25) is 0 Å². The molecular formula is C27H26N2O7. The first-order chi connectivity index (χ1) is 17.6. The Balaban J connectivity index is 1.27. The van der Waals surface area contributed by atoms with Gasteiger partial charge in [0.25, 0.3) is 11.8 Å². The molecule has 0 unspecified atom stereocenters. The fraction of sp³-hybridized carbons (Fsp3) is 0.259. The summed E-state index contributed by atoms with van der Waals surface area (Å²) in [6.45, 7) is 3.40. The van der Waals surface area contributed by atoms with Gasteiger partial charge in [-0.15, -0.1) is 0 Å². The van der Waals surface area contributed by atoms with Crippen molar-refractivity contribution in [3.05, 3.63) is 76.9 Å². The molecule has 3 aromatic rings. The summed E-state index contributed by atoms with van der Waals surface area (Å²) >= 11 is 0. The molecule has 2 amide bonds. The van der Waals surface area contributed by atoms with Crippen molar-refractivity contribution < 1.29 is 33.3 Å². The fourth-order valence-corrected chi connectivity index (χ4v) is 3.85. The normalized spacial score (nSPS) is 12.8. The lowest BCUT2D eigenvalue weighted by Crippen LogP contribution is -2.26. The highest BCUT2D eigenvalue weighted by atomic mass is 16.7. The van der Waals surface area contributed by atoms with E-state index in [9.17, 15) is 9.59 Å². The highest BCUT2D eigenvalue weighted by molar-refractivity contribution is 6.01. The third-order valence-electron chi connectivity index (χ3n) is 5.73. The molecule has 0 aromatic heterocycles. The monoisotopic (exact) mass is 490 g/mol. The molecule has 2 aliphatic heterocycles. The lowest BCUT2D eigenvalue weighted by molar-refractivity contribution is 0.0946. The lowest BCUT2D eigenvalue weighted by atomic mass is 10.1. The summed E-state index contributed by atoms with van der Waals surface area (Å²) < 4.78 is 27.2. The van der Waals surface area contributed by atoms with E-state index in [2.05, 4.69) is 10.6 Å². The zero-order valence-electron chi connectivity index (χ0n) is 19.8. The number of benzene rings is 3. The van der Waals surface area contributed by atoms with E-state index in [0.29, 0.717) is 53.0 Å². The molecule has 3 aromatic carbocycles. The molecule has 0 saturated heterocycles. The van der Waals surface area contributed by atoms with Crippen LogP contribution in [0.25, 0.3) is 0 Å². The van der Waals surface area contributed by atoms with E-state index in [0.717, 1.165) is 17.5 Å². The average molecular weight is 491 g/mol. The van der Waals surface area contributed by atoms with Crippen molar-refractivity contribution in [3.63, 3.8) is 0 Å². The predicted octanol–water partition coefficient (Wildman–Crippen LogP) is 3.79. The van der Waals surface area contributed by atoms with Crippen LogP contribution in [-0.4, -0.2) is 32.0 Å². The zero-order chi connectivity index (χ0) is 24.9. The van der Waals surface area contributed by atoms with Crippen LogP contribution in [-0.2, 0) is 13.1 Å². The van der Waals surface area contributed by atoms with Crippen LogP contribution in [0.5, 0.6) is 28.7 Å². The summed E-state index contributed by atoms with van der Waals surface area (Å²) in [5, 5.41) is 5.78. The number of carbonyl (C=O) groups excluding carboxylic acids is 2. The zero-order valence-corrected chi connectivity index (χ0v) is 19.8. The predicted molar refractivity (Wildman–Crippen MR) is 130 cm³/mol.